The first-order valence-electron chi connectivity index (χ1n) is 9.81. The molecule has 2 nitrogen and oxygen atoms in total. The summed E-state index contributed by atoms with van der Waals surface area (Å²) < 4.78 is 14.8. The maximum atomic E-state index is 14.8. The molecule has 3 rings (SSSR count). The molecule has 0 aliphatic heterocycles. The number of hydrogen-bond acceptors (Lipinski definition) is 2. The summed E-state index contributed by atoms with van der Waals surface area (Å²) in [5.41, 5.74) is 1.97. The van der Waals surface area contributed by atoms with Crippen molar-refractivity contribution in [1.29, 1.82) is 0 Å². The summed E-state index contributed by atoms with van der Waals surface area (Å²) in [6.07, 6.45) is 7.97. The van der Waals surface area contributed by atoms with E-state index in [-0.39, 0.29) is 11.7 Å². The van der Waals surface area contributed by atoms with Gasteiger partial charge in [0.1, 0.15) is 5.82 Å². The monoisotopic (exact) mass is 355 g/mol. The third kappa shape index (κ3) is 2.87. The maximum absolute atomic E-state index is 14.8. The molecule has 1 aliphatic rings. The number of rotatable bonds is 6. The molecular formula is C23H30FNO. The highest BCUT2D eigenvalue weighted by Crippen LogP contribution is 2.58. The van der Waals surface area contributed by atoms with Crippen LogP contribution in [0.1, 0.15) is 64.5 Å². The Hall–Kier alpha value is -1.74. The quantitative estimate of drug-likeness (QED) is 0.702. The number of nitrogens with zero attached hydrogens (tertiary/aromatic N) is 1. The van der Waals surface area contributed by atoms with Gasteiger partial charge in [0.25, 0.3) is 0 Å². The van der Waals surface area contributed by atoms with Crippen LogP contribution in [-0.4, -0.2) is 10.1 Å². The van der Waals surface area contributed by atoms with Gasteiger partial charge in [-0.25, -0.2) is 4.39 Å². The number of hydrogen-bond donors (Lipinski definition) is 1. The zero-order valence-corrected chi connectivity index (χ0v) is 16.3. The van der Waals surface area contributed by atoms with Crippen LogP contribution in [-0.2, 0) is 12.0 Å². The van der Waals surface area contributed by atoms with Crippen molar-refractivity contribution in [3.05, 3.63) is 53.6 Å². The van der Waals surface area contributed by atoms with Gasteiger partial charge >= 0.3 is 0 Å². The Morgan fingerprint density at radius 1 is 1.08 bits per heavy atom. The molecule has 1 aromatic heterocycles. The van der Waals surface area contributed by atoms with Gasteiger partial charge in [0.15, 0.2) is 0 Å². The molecule has 2 aromatic rings. The minimum absolute atomic E-state index is 0.121. The lowest BCUT2D eigenvalue weighted by Crippen LogP contribution is -2.45. The summed E-state index contributed by atoms with van der Waals surface area (Å²) >= 11 is 0. The Balaban J connectivity index is 2.28. The lowest BCUT2D eigenvalue weighted by molar-refractivity contribution is -0.112. The number of aliphatic hydroxyl groups is 1. The second-order valence-corrected chi connectivity index (χ2v) is 8.29. The van der Waals surface area contributed by atoms with Crippen molar-refractivity contribution in [3.8, 4) is 11.1 Å². The van der Waals surface area contributed by atoms with Gasteiger partial charge in [-0.2, -0.15) is 0 Å². The lowest BCUT2D eigenvalue weighted by Gasteiger charge is -2.44. The molecule has 1 aromatic carbocycles. The van der Waals surface area contributed by atoms with E-state index in [9.17, 15) is 9.50 Å². The van der Waals surface area contributed by atoms with Gasteiger partial charge < -0.3 is 5.11 Å². The third-order valence-corrected chi connectivity index (χ3v) is 6.14. The first-order valence-corrected chi connectivity index (χ1v) is 9.81. The van der Waals surface area contributed by atoms with Gasteiger partial charge in [-0.15, -0.1) is 0 Å². The topological polar surface area (TPSA) is 33.1 Å². The van der Waals surface area contributed by atoms with E-state index in [0.29, 0.717) is 12.0 Å². The van der Waals surface area contributed by atoms with E-state index >= 15 is 0 Å². The molecule has 0 amide bonds. The van der Waals surface area contributed by atoms with E-state index in [1.165, 1.54) is 0 Å². The zero-order valence-electron chi connectivity index (χ0n) is 16.3. The Bertz CT molecular complexity index is 765. The van der Waals surface area contributed by atoms with E-state index in [4.69, 9.17) is 0 Å². The minimum Gasteiger partial charge on any atom is -0.384 e. The van der Waals surface area contributed by atoms with Crippen LogP contribution in [0.5, 0.6) is 0 Å². The highest BCUT2D eigenvalue weighted by Gasteiger charge is 2.56. The van der Waals surface area contributed by atoms with E-state index < -0.39 is 11.0 Å². The molecule has 1 N–H and O–H groups in total. The van der Waals surface area contributed by atoms with Gasteiger partial charge in [0, 0.05) is 17.8 Å². The fourth-order valence-corrected chi connectivity index (χ4v) is 4.93. The molecule has 1 unspecified atom stereocenters. The van der Waals surface area contributed by atoms with E-state index in [1.54, 1.807) is 18.5 Å². The Kier molecular flexibility index (Phi) is 5.21. The van der Waals surface area contributed by atoms with E-state index in [0.717, 1.165) is 42.4 Å². The summed E-state index contributed by atoms with van der Waals surface area (Å²) in [4.78, 5) is 4.10. The van der Waals surface area contributed by atoms with Crippen molar-refractivity contribution >= 4 is 0 Å². The standard InChI is InChI=1S/C23H30FNO/c1-5-7-17(8-6-2)23(26)21-18(16-11-13-25-14-12-16)9-10-20(24)19(21)15-22(23,3)4/h9-14,17,26H,5-8,15H2,1-4H3. The zero-order chi connectivity index (χ0) is 18.9. The van der Waals surface area contributed by atoms with Gasteiger partial charge in [0.2, 0.25) is 0 Å². The van der Waals surface area contributed by atoms with Gasteiger partial charge in [0.05, 0.1) is 5.60 Å². The SMILES string of the molecule is CCCC(CCC)C1(O)c2c(-c3ccncc3)ccc(F)c2CC1(C)C. The van der Waals surface area contributed by atoms with Crippen LogP contribution >= 0.6 is 0 Å². The number of halogens is 1. The van der Waals surface area contributed by atoms with Crippen LogP contribution in [0.3, 0.4) is 0 Å². The highest BCUT2D eigenvalue weighted by atomic mass is 19.1. The predicted molar refractivity (Wildman–Crippen MR) is 104 cm³/mol. The number of pyridine rings is 1. The first kappa shape index (κ1) is 19.0. The first-order chi connectivity index (χ1) is 12.4. The third-order valence-electron chi connectivity index (χ3n) is 6.14. The van der Waals surface area contributed by atoms with Crippen LogP contribution in [0, 0.1) is 17.2 Å². The maximum Gasteiger partial charge on any atom is 0.126 e. The molecule has 0 spiro atoms. The van der Waals surface area contributed by atoms with Crippen LogP contribution < -0.4 is 0 Å². The molecule has 3 heteroatoms. The minimum atomic E-state index is -1.03. The Labute approximate surface area is 156 Å². The van der Waals surface area contributed by atoms with Crippen LogP contribution in [0.15, 0.2) is 36.7 Å². The number of benzene rings is 1. The molecule has 1 heterocycles. The van der Waals surface area contributed by atoms with E-state index in [1.807, 2.05) is 18.2 Å². The predicted octanol–water partition coefficient (Wildman–Crippen LogP) is 5.87. The molecule has 0 fully saturated rings. The average Bonchev–Trinajstić information content (AvgIpc) is 2.84. The van der Waals surface area contributed by atoms with Crippen LogP contribution in [0.25, 0.3) is 11.1 Å². The molecule has 1 atom stereocenters. The molecule has 1 aliphatic carbocycles. The highest BCUT2D eigenvalue weighted by molar-refractivity contribution is 5.71. The van der Waals surface area contributed by atoms with Crippen LogP contribution in [0.4, 0.5) is 4.39 Å². The summed E-state index contributed by atoms with van der Waals surface area (Å²) in [7, 11) is 0. The smallest absolute Gasteiger partial charge is 0.126 e. The van der Waals surface area contributed by atoms with Crippen molar-refractivity contribution in [2.45, 2.75) is 65.4 Å². The van der Waals surface area contributed by atoms with Crippen LogP contribution in [0.2, 0.25) is 0 Å². The van der Waals surface area contributed by atoms with E-state index in [2.05, 4.69) is 32.7 Å². The molecule has 140 valence electrons. The normalized spacial score (nSPS) is 21.2. The summed E-state index contributed by atoms with van der Waals surface area (Å²) in [6, 6.07) is 7.25. The molecule has 0 radical (unpaired) electrons. The second kappa shape index (κ2) is 7.11. The number of aromatic nitrogens is 1. The number of fused-ring (bicyclic) bond motifs is 1. The average molecular weight is 355 g/mol. The van der Waals surface area contributed by atoms with Crippen molar-refractivity contribution < 1.29 is 9.50 Å². The molecule has 0 saturated heterocycles. The van der Waals surface area contributed by atoms with Crippen molar-refractivity contribution in [1.82, 2.24) is 4.98 Å². The second-order valence-electron chi connectivity index (χ2n) is 8.29. The summed E-state index contributed by atoms with van der Waals surface area (Å²) in [5.74, 6) is -0.0790. The van der Waals surface area contributed by atoms with Crippen molar-refractivity contribution in [3.63, 3.8) is 0 Å². The van der Waals surface area contributed by atoms with Crippen molar-refractivity contribution in [2.24, 2.45) is 11.3 Å². The van der Waals surface area contributed by atoms with Gasteiger partial charge in [-0.3, -0.25) is 4.98 Å². The Morgan fingerprint density at radius 3 is 2.27 bits per heavy atom. The molecular weight excluding hydrogens is 325 g/mol. The lowest BCUT2D eigenvalue weighted by atomic mass is 9.64. The molecule has 26 heavy (non-hydrogen) atoms. The largest absolute Gasteiger partial charge is 0.384 e. The van der Waals surface area contributed by atoms with Gasteiger partial charge in [-0.1, -0.05) is 46.6 Å². The summed E-state index contributed by atoms with van der Waals surface area (Å²) in [5, 5.41) is 12.2. The fourth-order valence-electron chi connectivity index (χ4n) is 4.93. The van der Waals surface area contributed by atoms with Crippen molar-refractivity contribution in [2.75, 3.05) is 0 Å². The summed E-state index contributed by atoms with van der Waals surface area (Å²) in [6.45, 7) is 8.48. The molecule has 0 saturated carbocycles. The molecule has 0 bridgehead atoms. The van der Waals surface area contributed by atoms with Gasteiger partial charge in [-0.05, 0) is 65.6 Å². The fraction of sp³-hybridized carbons (Fsp3) is 0.522. The Morgan fingerprint density at radius 2 is 1.69 bits per heavy atom.